The lowest BCUT2D eigenvalue weighted by atomic mass is 10.3. The summed E-state index contributed by atoms with van der Waals surface area (Å²) in [4.78, 5) is 21.2. The standard InChI is InChI=1S/C15H15N3O6S/c1-24-13-6-2-4-11(8-13)17(10-15(16)19)25(22,23)14-7-3-5-12(9-14)18(20)21/h2-9H,10H2,1H3,(H2,16,19). The number of hydrogen-bond donors (Lipinski definition) is 1. The van der Waals surface area contributed by atoms with Gasteiger partial charge in [-0.3, -0.25) is 19.2 Å². The third-order valence-corrected chi connectivity index (χ3v) is 5.03. The van der Waals surface area contributed by atoms with E-state index in [-0.39, 0.29) is 16.3 Å². The maximum atomic E-state index is 12.9. The maximum absolute atomic E-state index is 12.9. The first kappa shape index (κ1) is 18.2. The number of nitrogens with two attached hydrogens (primary N) is 1. The predicted molar refractivity (Wildman–Crippen MR) is 89.8 cm³/mol. The highest BCUT2D eigenvalue weighted by molar-refractivity contribution is 7.92. The van der Waals surface area contributed by atoms with Crippen molar-refractivity contribution in [3.05, 3.63) is 58.6 Å². The molecule has 2 aromatic carbocycles. The first-order valence-electron chi connectivity index (χ1n) is 6.95. The van der Waals surface area contributed by atoms with Crippen LogP contribution in [0.2, 0.25) is 0 Å². The van der Waals surface area contributed by atoms with E-state index in [2.05, 4.69) is 0 Å². The number of primary amides is 1. The van der Waals surface area contributed by atoms with Gasteiger partial charge in [0, 0.05) is 18.2 Å². The Kier molecular flexibility index (Phi) is 5.22. The van der Waals surface area contributed by atoms with Crippen LogP contribution in [0.5, 0.6) is 5.75 Å². The van der Waals surface area contributed by atoms with Gasteiger partial charge in [0.25, 0.3) is 15.7 Å². The zero-order chi connectivity index (χ0) is 18.6. The molecule has 0 fully saturated rings. The van der Waals surface area contributed by atoms with Crippen molar-refractivity contribution >= 4 is 27.3 Å². The summed E-state index contributed by atoms with van der Waals surface area (Å²) in [6, 6.07) is 10.6. The molecule has 0 spiro atoms. The van der Waals surface area contributed by atoms with Crippen molar-refractivity contribution in [1.29, 1.82) is 0 Å². The van der Waals surface area contributed by atoms with Crippen molar-refractivity contribution in [3.8, 4) is 5.75 Å². The van der Waals surface area contributed by atoms with Gasteiger partial charge in [0.1, 0.15) is 12.3 Å². The molecule has 132 valence electrons. The number of carbonyl (C=O) groups excluding carboxylic acids is 1. The lowest BCUT2D eigenvalue weighted by Crippen LogP contribution is -2.38. The minimum absolute atomic E-state index is 0.143. The van der Waals surface area contributed by atoms with Crippen LogP contribution in [0, 0.1) is 10.1 Å². The minimum atomic E-state index is -4.26. The van der Waals surface area contributed by atoms with Gasteiger partial charge in [0.15, 0.2) is 0 Å². The van der Waals surface area contributed by atoms with E-state index in [0.29, 0.717) is 5.75 Å². The van der Waals surface area contributed by atoms with Gasteiger partial charge < -0.3 is 10.5 Å². The summed E-state index contributed by atoms with van der Waals surface area (Å²) < 4.78 is 31.6. The second-order valence-electron chi connectivity index (χ2n) is 4.93. The molecule has 0 atom stereocenters. The van der Waals surface area contributed by atoms with Crippen LogP contribution in [0.1, 0.15) is 0 Å². The molecule has 0 aromatic heterocycles. The number of nitro benzene ring substituents is 1. The third-order valence-electron chi connectivity index (χ3n) is 3.26. The summed E-state index contributed by atoms with van der Waals surface area (Å²) >= 11 is 0. The summed E-state index contributed by atoms with van der Waals surface area (Å²) in [6.45, 7) is -0.627. The zero-order valence-electron chi connectivity index (χ0n) is 13.2. The molecular formula is C15H15N3O6S. The second kappa shape index (κ2) is 7.18. The number of non-ortho nitro benzene ring substituents is 1. The molecule has 0 aliphatic carbocycles. The Morgan fingerprint density at radius 1 is 1.24 bits per heavy atom. The minimum Gasteiger partial charge on any atom is -0.497 e. The Labute approximate surface area is 143 Å². The Morgan fingerprint density at radius 3 is 2.52 bits per heavy atom. The Morgan fingerprint density at radius 2 is 1.92 bits per heavy atom. The number of rotatable bonds is 7. The molecule has 1 amide bonds. The van der Waals surface area contributed by atoms with Crippen molar-refractivity contribution in [1.82, 2.24) is 0 Å². The summed E-state index contributed by atoms with van der Waals surface area (Å²) in [5.41, 5.74) is 4.93. The van der Waals surface area contributed by atoms with Crippen molar-refractivity contribution in [2.24, 2.45) is 5.73 Å². The Balaban J connectivity index is 2.57. The topological polar surface area (TPSA) is 133 Å². The third kappa shape index (κ3) is 4.04. The van der Waals surface area contributed by atoms with Gasteiger partial charge in [-0.05, 0) is 18.2 Å². The van der Waals surface area contributed by atoms with Gasteiger partial charge in [-0.1, -0.05) is 12.1 Å². The number of ether oxygens (including phenoxy) is 1. The number of sulfonamides is 1. The van der Waals surface area contributed by atoms with Gasteiger partial charge in [-0.15, -0.1) is 0 Å². The molecule has 0 radical (unpaired) electrons. The van der Waals surface area contributed by atoms with Crippen LogP contribution in [-0.2, 0) is 14.8 Å². The summed E-state index contributed by atoms with van der Waals surface area (Å²) in [5.74, 6) is -0.502. The number of anilines is 1. The largest absolute Gasteiger partial charge is 0.497 e. The lowest BCUT2D eigenvalue weighted by molar-refractivity contribution is -0.385. The van der Waals surface area contributed by atoms with Crippen LogP contribution in [0.4, 0.5) is 11.4 Å². The highest BCUT2D eigenvalue weighted by Crippen LogP contribution is 2.28. The summed E-state index contributed by atoms with van der Waals surface area (Å²) in [6.07, 6.45) is 0. The molecule has 10 heteroatoms. The van der Waals surface area contributed by atoms with Gasteiger partial charge in [-0.2, -0.15) is 0 Å². The molecule has 0 aliphatic heterocycles. The quantitative estimate of drug-likeness (QED) is 0.580. The van der Waals surface area contributed by atoms with E-state index in [4.69, 9.17) is 10.5 Å². The average Bonchev–Trinajstić information content (AvgIpc) is 2.59. The molecule has 0 bridgehead atoms. The van der Waals surface area contributed by atoms with Gasteiger partial charge >= 0.3 is 0 Å². The zero-order valence-corrected chi connectivity index (χ0v) is 14.0. The molecule has 0 saturated carbocycles. The Bertz CT molecular complexity index is 913. The summed E-state index contributed by atoms with van der Waals surface area (Å²) in [7, 11) is -2.85. The van der Waals surface area contributed by atoms with E-state index >= 15 is 0 Å². The van der Waals surface area contributed by atoms with Crippen molar-refractivity contribution in [3.63, 3.8) is 0 Å². The average molecular weight is 365 g/mol. The number of amides is 1. The van der Waals surface area contributed by atoms with E-state index in [1.165, 1.54) is 37.4 Å². The molecule has 0 unspecified atom stereocenters. The molecule has 2 aromatic rings. The SMILES string of the molecule is COc1cccc(N(CC(N)=O)S(=O)(=O)c2cccc([N+](=O)[O-])c2)c1. The molecule has 25 heavy (non-hydrogen) atoms. The molecule has 2 N–H and O–H groups in total. The molecule has 0 saturated heterocycles. The van der Waals surface area contributed by atoms with Crippen LogP contribution in [0.3, 0.4) is 0 Å². The highest BCUT2D eigenvalue weighted by Gasteiger charge is 2.28. The van der Waals surface area contributed by atoms with Crippen molar-refractivity contribution in [2.45, 2.75) is 4.90 Å². The number of benzene rings is 2. The fraction of sp³-hybridized carbons (Fsp3) is 0.133. The second-order valence-corrected chi connectivity index (χ2v) is 6.80. The van der Waals surface area contributed by atoms with Crippen molar-refractivity contribution < 1.29 is 22.9 Å². The van der Waals surface area contributed by atoms with Crippen LogP contribution >= 0.6 is 0 Å². The maximum Gasteiger partial charge on any atom is 0.270 e. The van der Waals surface area contributed by atoms with Gasteiger partial charge in [0.05, 0.1) is 22.6 Å². The van der Waals surface area contributed by atoms with E-state index in [0.717, 1.165) is 10.4 Å². The smallest absolute Gasteiger partial charge is 0.270 e. The van der Waals surface area contributed by atoms with Crippen LogP contribution in [-0.4, -0.2) is 32.9 Å². The lowest BCUT2D eigenvalue weighted by Gasteiger charge is -2.23. The first-order chi connectivity index (χ1) is 11.8. The first-order valence-corrected chi connectivity index (χ1v) is 8.39. The number of methoxy groups -OCH3 is 1. The predicted octanol–water partition coefficient (Wildman–Crippen LogP) is 1.28. The molecule has 2 rings (SSSR count). The van der Waals surface area contributed by atoms with E-state index in [1.54, 1.807) is 12.1 Å². The highest BCUT2D eigenvalue weighted by atomic mass is 32.2. The van der Waals surface area contributed by atoms with E-state index < -0.39 is 27.4 Å². The van der Waals surface area contributed by atoms with Crippen LogP contribution in [0.25, 0.3) is 0 Å². The normalized spacial score (nSPS) is 10.9. The number of nitrogens with zero attached hydrogens (tertiary/aromatic N) is 2. The molecule has 9 nitrogen and oxygen atoms in total. The monoisotopic (exact) mass is 365 g/mol. The number of carbonyl (C=O) groups is 1. The van der Waals surface area contributed by atoms with Crippen molar-refractivity contribution in [2.75, 3.05) is 18.0 Å². The molecule has 0 heterocycles. The fourth-order valence-electron chi connectivity index (χ4n) is 2.11. The van der Waals surface area contributed by atoms with Crippen LogP contribution < -0.4 is 14.8 Å². The fourth-order valence-corrected chi connectivity index (χ4v) is 3.57. The van der Waals surface area contributed by atoms with E-state index in [1.807, 2.05) is 0 Å². The number of hydrogen-bond acceptors (Lipinski definition) is 6. The summed E-state index contributed by atoms with van der Waals surface area (Å²) in [5, 5.41) is 10.9. The molecular weight excluding hydrogens is 350 g/mol. The Hall–Kier alpha value is -3.14. The number of nitro groups is 1. The van der Waals surface area contributed by atoms with Gasteiger partial charge in [0.2, 0.25) is 5.91 Å². The van der Waals surface area contributed by atoms with E-state index in [9.17, 15) is 23.3 Å². The molecule has 0 aliphatic rings. The van der Waals surface area contributed by atoms with Gasteiger partial charge in [-0.25, -0.2) is 8.42 Å². The van der Waals surface area contributed by atoms with Crippen LogP contribution in [0.15, 0.2) is 53.4 Å².